The van der Waals surface area contributed by atoms with Crippen LogP contribution in [-0.2, 0) is 24.2 Å². The Morgan fingerprint density at radius 2 is 1.58 bits per heavy atom. The molecular weight excluding hydrogens is 432 g/mol. The molecule has 0 bridgehead atoms. The largest absolute Gasteiger partial charge is 0.416 e. The number of hydrogen-bond acceptors (Lipinski definition) is 4. The Morgan fingerprint density at radius 1 is 1.03 bits per heavy atom. The number of nitrogens with two attached hydrogens (primary N) is 1. The molecule has 0 fully saturated rings. The molecule has 0 unspecified atom stereocenters. The summed E-state index contributed by atoms with van der Waals surface area (Å²) in [5, 5.41) is 7.13. The van der Waals surface area contributed by atoms with Crippen LogP contribution in [0.4, 0.5) is 26.3 Å². The highest BCUT2D eigenvalue weighted by atomic mass is 19.4. The summed E-state index contributed by atoms with van der Waals surface area (Å²) in [5.74, 6) is -1.62. The molecule has 2 N–H and O–H groups in total. The van der Waals surface area contributed by atoms with E-state index in [9.17, 15) is 31.1 Å². The van der Waals surface area contributed by atoms with E-state index in [4.69, 9.17) is 5.73 Å². The molecule has 0 aliphatic heterocycles. The molecule has 3 aromatic rings. The second-order valence-corrected chi connectivity index (χ2v) is 6.25. The molecule has 0 aliphatic rings. The SMILES string of the molecule is Cn1ncc(C(=O)O/N=C(/N)c2cc(C(F)(F)F)cc(C(F)(F)F)c2)c1-n1cccc1. The Morgan fingerprint density at radius 3 is 2.10 bits per heavy atom. The molecule has 0 saturated carbocycles. The Balaban J connectivity index is 1.92. The van der Waals surface area contributed by atoms with Gasteiger partial charge in [0.05, 0.1) is 17.3 Å². The van der Waals surface area contributed by atoms with Gasteiger partial charge in [-0.15, -0.1) is 0 Å². The number of nitrogens with zero attached hydrogens (tertiary/aromatic N) is 4. The van der Waals surface area contributed by atoms with E-state index in [2.05, 4.69) is 15.1 Å². The molecule has 0 radical (unpaired) electrons. The number of hydrogen-bond donors (Lipinski definition) is 1. The predicted octanol–water partition coefficient (Wildman–Crippen LogP) is 3.73. The van der Waals surface area contributed by atoms with Crippen LogP contribution in [0, 0.1) is 0 Å². The van der Waals surface area contributed by atoms with Gasteiger partial charge < -0.3 is 15.1 Å². The van der Waals surface area contributed by atoms with E-state index in [1.165, 1.54) is 4.68 Å². The molecule has 0 spiro atoms. The van der Waals surface area contributed by atoms with Crippen LogP contribution in [0.2, 0.25) is 0 Å². The lowest BCUT2D eigenvalue weighted by molar-refractivity contribution is -0.143. The molecule has 1 aromatic carbocycles. The number of amidine groups is 1. The highest BCUT2D eigenvalue weighted by Gasteiger charge is 2.37. The summed E-state index contributed by atoms with van der Waals surface area (Å²) in [6.07, 6.45) is -5.72. The Bertz CT molecular complexity index is 1100. The van der Waals surface area contributed by atoms with Crippen LogP contribution in [0.5, 0.6) is 0 Å². The highest BCUT2D eigenvalue weighted by molar-refractivity contribution is 5.99. The highest BCUT2D eigenvalue weighted by Crippen LogP contribution is 2.36. The van der Waals surface area contributed by atoms with Gasteiger partial charge in [-0.1, -0.05) is 5.16 Å². The van der Waals surface area contributed by atoms with Crippen molar-refractivity contribution >= 4 is 11.8 Å². The number of aromatic nitrogens is 3. The molecule has 164 valence electrons. The fourth-order valence-corrected chi connectivity index (χ4v) is 2.65. The number of carbonyl (C=O) groups excluding carboxylic acids is 1. The van der Waals surface area contributed by atoms with E-state index in [1.807, 2.05) is 0 Å². The predicted molar refractivity (Wildman–Crippen MR) is 95.1 cm³/mol. The van der Waals surface area contributed by atoms with Gasteiger partial charge in [0.2, 0.25) is 0 Å². The van der Waals surface area contributed by atoms with E-state index in [-0.39, 0.29) is 11.6 Å². The van der Waals surface area contributed by atoms with Crippen molar-refractivity contribution in [2.24, 2.45) is 17.9 Å². The topological polar surface area (TPSA) is 87.4 Å². The minimum atomic E-state index is -5.06. The van der Waals surface area contributed by atoms with Crippen LogP contribution < -0.4 is 5.73 Å². The zero-order valence-electron chi connectivity index (χ0n) is 15.6. The number of rotatable bonds is 4. The van der Waals surface area contributed by atoms with Gasteiger partial charge in [-0.05, 0) is 30.3 Å². The first-order chi connectivity index (χ1) is 14.4. The summed E-state index contributed by atoms with van der Waals surface area (Å²) < 4.78 is 80.7. The summed E-state index contributed by atoms with van der Waals surface area (Å²) in [6.45, 7) is 0. The van der Waals surface area contributed by atoms with E-state index in [0.717, 1.165) is 6.20 Å². The molecular formula is C18H13F6N5O2. The first-order valence-corrected chi connectivity index (χ1v) is 8.38. The van der Waals surface area contributed by atoms with Gasteiger partial charge in [0.15, 0.2) is 5.84 Å². The Labute approximate surface area is 170 Å². The normalized spacial score (nSPS) is 12.8. The third-order valence-electron chi connectivity index (χ3n) is 4.09. The third-order valence-corrected chi connectivity index (χ3v) is 4.09. The summed E-state index contributed by atoms with van der Waals surface area (Å²) >= 11 is 0. The molecule has 0 amide bonds. The molecule has 0 aliphatic carbocycles. The van der Waals surface area contributed by atoms with Gasteiger partial charge >= 0.3 is 18.3 Å². The van der Waals surface area contributed by atoms with E-state index in [0.29, 0.717) is 18.0 Å². The molecule has 3 rings (SSSR count). The fraction of sp³-hybridized carbons (Fsp3) is 0.167. The van der Waals surface area contributed by atoms with Crippen molar-refractivity contribution < 1.29 is 36.0 Å². The second kappa shape index (κ2) is 7.81. The van der Waals surface area contributed by atoms with Crippen molar-refractivity contribution in [3.05, 3.63) is 71.2 Å². The average molecular weight is 445 g/mol. The lowest BCUT2D eigenvalue weighted by Crippen LogP contribution is -2.19. The molecule has 0 atom stereocenters. The van der Waals surface area contributed by atoms with Gasteiger partial charge in [-0.2, -0.15) is 31.4 Å². The Kier molecular flexibility index (Phi) is 5.53. The van der Waals surface area contributed by atoms with E-state index in [1.54, 1.807) is 36.1 Å². The molecule has 7 nitrogen and oxygen atoms in total. The first kappa shape index (κ1) is 21.9. The molecule has 31 heavy (non-hydrogen) atoms. The monoisotopic (exact) mass is 445 g/mol. The fourth-order valence-electron chi connectivity index (χ4n) is 2.65. The van der Waals surface area contributed by atoms with E-state index >= 15 is 0 Å². The van der Waals surface area contributed by atoms with Gasteiger partial charge in [0.25, 0.3) is 0 Å². The third kappa shape index (κ3) is 4.70. The average Bonchev–Trinajstić information content (AvgIpc) is 3.33. The maximum absolute atomic E-state index is 13.0. The molecule has 13 heteroatoms. The number of halogens is 6. The number of carbonyl (C=O) groups is 1. The quantitative estimate of drug-likeness (QED) is 0.218. The van der Waals surface area contributed by atoms with Crippen molar-refractivity contribution in [1.29, 1.82) is 0 Å². The zero-order valence-corrected chi connectivity index (χ0v) is 15.6. The van der Waals surface area contributed by atoms with Crippen LogP contribution in [0.15, 0.2) is 54.1 Å². The van der Waals surface area contributed by atoms with Gasteiger partial charge in [-0.3, -0.25) is 4.68 Å². The standard InChI is InChI=1S/C18H13F6N5O2/c1-28-15(29-4-2-3-5-29)13(9-26-28)16(30)31-27-14(25)10-6-11(17(19,20)21)8-12(7-10)18(22,23)24/h2-9H,1H3,(H2,25,27). The maximum Gasteiger partial charge on any atom is 0.416 e. The van der Waals surface area contributed by atoms with Crippen molar-refractivity contribution in [3.63, 3.8) is 0 Å². The van der Waals surface area contributed by atoms with Gasteiger partial charge in [0, 0.05) is 25.0 Å². The number of oxime groups is 1. The van der Waals surface area contributed by atoms with E-state index < -0.39 is 40.8 Å². The van der Waals surface area contributed by atoms with Crippen LogP contribution in [0.25, 0.3) is 5.82 Å². The minimum Gasteiger partial charge on any atom is -0.380 e. The van der Waals surface area contributed by atoms with Crippen molar-refractivity contribution in [3.8, 4) is 5.82 Å². The minimum absolute atomic E-state index is 0.0538. The number of alkyl halides is 6. The first-order valence-electron chi connectivity index (χ1n) is 8.38. The summed E-state index contributed by atoms with van der Waals surface area (Å²) in [7, 11) is 1.55. The maximum atomic E-state index is 13.0. The molecule has 0 saturated heterocycles. The smallest absolute Gasteiger partial charge is 0.380 e. The summed E-state index contributed by atoms with van der Waals surface area (Å²) in [6, 6.07) is 4.06. The van der Waals surface area contributed by atoms with Gasteiger partial charge in [-0.25, -0.2) is 4.79 Å². The Hall–Kier alpha value is -3.77. The number of benzene rings is 1. The molecule has 2 aromatic heterocycles. The van der Waals surface area contributed by atoms with Crippen LogP contribution in [0.3, 0.4) is 0 Å². The molecule has 2 heterocycles. The van der Waals surface area contributed by atoms with Crippen molar-refractivity contribution in [1.82, 2.24) is 14.3 Å². The van der Waals surface area contributed by atoms with Crippen molar-refractivity contribution in [2.75, 3.05) is 0 Å². The summed E-state index contributed by atoms with van der Waals surface area (Å²) in [4.78, 5) is 17.0. The zero-order chi connectivity index (χ0) is 23.0. The van der Waals surface area contributed by atoms with Crippen LogP contribution in [-0.4, -0.2) is 26.2 Å². The lowest BCUT2D eigenvalue weighted by atomic mass is 10.0. The lowest BCUT2D eigenvalue weighted by Gasteiger charge is -2.13. The second-order valence-electron chi connectivity index (χ2n) is 6.25. The van der Waals surface area contributed by atoms with Crippen LogP contribution >= 0.6 is 0 Å². The van der Waals surface area contributed by atoms with Gasteiger partial charge in [0.1, 0.15) is 11.4 Å². The van der Waals surface area contributed by atoms with Crippen molar-refractivity contribution in [2.45, 2.75) is 12.4 Å². The number of aryl methyl sites for hydroxylation is 1. The summed E-state index contributed by atoms with van der Waals surface area (Å²) in [5.41, 5.74) is 1.56. The van der Waals surface area contributed by atoms with Crippen LogP contribution in [0.1, 0.15) is 27.0 Å².